The van der Waals surface area contributed by atoms with Gasteiger partial charge in [0.1, 0.15) is 6.61 Å². The van der Waals surface area contributed by atoms with Crippen LogP contribution < -0.4 is 0 Å². The molecule has 150 valence electrons. The molecule has 3 saturated carbocycles. The maximum atomic E-state index is 11.7. The van der Waals surface area contributed by atoms with E-state index in [0.29, 0.717) is 23.9 Å². The van der Waals surface area contributed by atoms with Crippen LogP contribution >= 0.6 is 0 Å². The van der Waals surface area contributed by atoms with Crippen LogP contribution in [0.25, 0.3) is 0 Å². The summed E-state index contributed by atoms with van der Waals surface area (Å²) in [5.74, 6) is 1.90. The normalized spacial score (nSPS) is 44.1. The highest BCUT2D eigenvalue weighted by Gasteiger charge is 2.60. The lowest BCUT2D eigenvalue weighted by molar-refractivity contribution is -0.148. The van der Waals surface area contributed by atoms with Gasteiger partial charge in [-0.05, 0) is 68.1 Å². The zero-order chi connectivity index (χ0) is 19.4. The van der Waals surface area contributed by atoms with Crippen molar-refractivity contribution in [1.82, 2.24) is 0 Å². The lowest BCUT2D eigenvalue weighted by atomic mass is 9.44. The van der Waals surface area contributed by atoms with Crippen LogP contribution in [0, 0.1) is 34.0 Å². The van der Waals surface area contributed by atoms with Crippen LogP contribution in [0.2, 0.25) is 0 Å². The van der Waals surface area contributed by atoms with Gasteiger partial charge in [-0.15, -0.1) is 0 Å². The number of carbonyl (C=O) groups is 1. The second-order valence-corrected chi connectivity index (χ2v) is 10.4. The predicted octanol–water partition coefficient (Wildman–Crippen LogP) is 5.35. The molecular weight excluding hydrogens is 338 g/mol. The first kappa shape index (κ1) is 19.0. The molecule has 0 aliphatic heterocycles. The number of hydrogen-bond donors (Lipinski definition) is 1. The largest absolute Gasteiger partial charge is 0.465 e. The summed E-state index contributed by atoms with van der Waals surface area (Å²) in [4.78, 5) is 11.7. The minimum Gasteiger partial charge on any atom is -0.465 e. The molecule has 4 aliphatic rings. The maximum Gasteiger partial charge on any atom is 0.302 e. The smallest absolute Gasteiger partial charge is 0.302 e. The van der Waals surface area contributed by atoms with Crippen molar-refractivity contribution in [3.63, 3.8) is 0 Å². The average Bonchev–Trinajstić information content (AvgIpc) is 3.01. The van der Waals surface area contributed by atoms with E-state index in [4.69, 9.17) is 4.74 Å². The number of allylic oxidation sites excluding steroid dienone is 1. The van der Waals surface area contributed by atoms with Gasteiger partial charge in [0.15, 0.2) is 0 Å². The molecule has 4 rings (SSSR count). The van der Waals surface area contributed by atoms with Crippen LogP contribution in [0.5, 0.6) is 0 Å². The fourth-order valence-electron chi connectivity index (χ4n) is 7.62. The predicted molar refractivity (Wildman–Crippen MR) is 106 cm³/mol. The Kier molecular flexibility index (Phi) is 4.47. The molecule has 4 heteroatoms. The number of carbonyl (C=O) groups excluding carboxylic acids is 1. The first-order chi connectivity index (χ1) is 12.7. The zero-order valence-corrected chi connectivity index (χ0v) is 17.4. The summed E-state index contributed by atoms with van der Waals surface area (Å²) in [6, 6.07) is 0. The lowest BCUT2D eigenvalue weighted by Crippen LogP contribution is -2.56. The van der Waals surface area contributed by atoms with Crippen molar-refractivity contribution < 1.29 is 14.7 Å². The Hall–Kier alpha value is -1.32. The van der Waals surface area contributed by atoms with E-state index in [1.54, 1.807) is 0 Å². The van der Waals surface area contributed by atoms with E-state index in [0.717, 1.165) is 30.9 Å². The monoisotopic (exact) mass is 373 g/mol. The van der Waals surface area contributed by atoms with Crippen molar-refractivity contribution in [3.05, 3.63) is 11.6 Å². The molecule has 0 spiro atoms. The molecule has 4 nitrogen and oxygen atoms in total. The van der Waals surface area contributed by atoms with Crippen LogP contribution in [0.3, 0.4) is 0 Å². The molecule has 0 aromatic rings. The Morgan fingerprint density at radius 3 is 2.70 bits per heavy atom. The molecular formula is C23H35NO3. The van der Waals surface area contributed by atoms with Gasteiger partial charge in [-0.2, -0.15) is 0 Å². The van der Waals surface area contributed by atoms with Crippen LogP contribution in [-0.2, 0) is 9.53 Å². The zero-order valence-electron chi connectivity index (χ0n) is 17.4. The second-order valence-electron chi connectivity index (χ2n) is 10.4. The van der Waals surface area contributed by atoms with Gasteiger partial charge in [0.25, 0.3) is 0 Å². The van der Waals surface area contributed by atoms with E-state index in [-0.39, 0.29) is 16.8 Å². The van der Waals surface area contributed by atoms with Crippen molar-refractivity contribution in [1.29, 1.82) is 0 Å². The third-order valence-electron chi connectivity index (χ3n) is 8.92. The molecule has 1 N–H and O–H groups in total. The standard InChI is InChI=1S/C23H35NO3/c1-15(25)27-14-23-13-10-20(24-26)21(2,3)19(23)8-7-16-17-6-5-11-22(17,4)12-9-18(16)23/h8,16-18,26H,5-7,9-14H2,1-4H3/b24-20-/t16-,17-,18-,22-,23-/m0/s1. The van der Waals surface area contributed by atoms with E-state index in [9.17, 15) is 10.0 Å². The van der Waals surface area contributed by atoms with E-state index in [1.165, 1.54) is 44.6 Å². The molecule has 0 aromatic heterocycles. The molecule has 0 amide bonds. The van der Waals surface area contributed by atoms with Gasteiger partial charge in [0.2, 0.25) is 0 Å². The fraction of sp³-hybridized carbons (Fsp3) is 0.826. The average molecular weight is 374 g/mol. The Labute approximate surface area is 163 Å². The van der Waals surface area contributed by atoms with Crippen molar-refractivity contribution in [3.8, 4) is 0 Å². The first-order valence-electron chi connectivity index (χ1n) is 10.8. The minimum absolute atomic E-state index is 0.0871. The van der Waals surface area contributed by atoms with Gasteiger partial charge < -0.3 is 9.94 Å². The highest BCUT2D eigenvalue weighted by molar-refractivity contribution is 5.93. The summed E-state index contributed by atoms with van der Waals surface area (Å²) in [5, 5.41) is 13.2. The topological polar surface area (TPSA) is 58.9 Å². The quantitative estimate of drug-likeness (QED) is 0.307. The third kappa shape index (κ3) is 2.69. The van der Waals surface area contributed by atoms with Crippen molar-refractivity contribution in [2.75, 3.05) is 6.61 Å². The summed E-state index contributed by atoms with van der Waals surface area (Å²) in [6.07, 6.45) is 11.9. The van der Waals surface area contributed by atoms with Gasteiger partial charge in [0, 0.05) is 17.8 Å². The summed E-state index contributed by atoms with van der Waals surface area (Å²) in [5.41, 5.74) is 2.38. The van der Waals surface area contributed by atoms with Gasteiger partial charge in [0.05, 0.1) is 5.71 Å². The van der Waals surface area contributed by atoms with Crippen LogP contribution in [-0.4, -0.2) is 23.5 Å². The molecule has 4 aliphatic carbocycles. The van der Waals surface area contributed by atoms with Gasteiger partial charge in [-0.3, -0.25) is 4.79 Å². The highest BCUT2D eigenvalue weighted by atomic mass is 16.5. The molecule has 27 heavy (non-hydrogen) atoms. The Morgan fingerprint density at radius 2 is 2.00 bits per heavy atom. The Balaban J connectivity index is 1.78. The highest BCUT2D eigenvalue weighted by Crippen LogP contribution is 2.66. The number of ether oxygens (including phenoxy) is 1. The third-order valence-corrected chi connectivity index (χ3v) is 8.92. The van der Waals surface area contributed by atoms with Crippen LogP contribution in [0.4, 0.5) is 0 Å². The summed E-state index contributed by atoms with van der Waals surface area (Å²) >= 11 is 0. The molecule has 0 heterocycles. The van der Waals surface area contributed by atoms with Crippen molar-refractivity contribution >= 4 is 11.7 Å². The number of rotatable bonds is 2. The summed E-state index contributed by atoms with van der Waals surface area (Å²) in [6.45, 7) is 8.88. The first-order valence-corrected chi connectivity index (χ1v) is 10.8. The van der Waals surface area contributed by atoms with Gasteiger partial charge in [-0.1, -0.05) is 44.0 Å². The van der Waals surface area contributed by atoms with Crippen molar-refractivity contribution in [2.24, 2.45) is 39.2 Å². The number of fused-ring (bicyclic) bond motifs is 5. The second kappa shape index (κ2) is 6.35. The minimum atomic E-state index is -0.269. The Morgan fingerprint density at radius 1 is 1.22 bits per heavy atom. The molecule has 5 atom stereocenters. The lowest BCUT2D eigenvalue weighted by Gasteiger charge is -2.60. The van der Waals surface area contributed by atoms with Gasteiger partial charge >= 0.3 is 5.97 Å². The summed E-state index contributed by atoms with van der Waals surface area (Å²) in [7, 11) is 0. The number of esters is 1. The number of nitrogens with zero attached hydrogens (tertiary/aromatic N) is 1. The molecule has 0 saturated heterocycles. The fourth-order valence-corrected chi connectivity index (χ4v) is 7.62. The molecule has 0 bridgehead atoms. The van der Waals surface area contributed by atoms with Gasteiger partial charge in [-0.25, -0.2) is 0 Å². The molecule has 0 unspecified atom stereocenters. The van der Waals surface area contributed by atoms with Crippen LogP contribution in [0.1, 0.15) is 79.1 Å². The number of oxime groups is 1. The van der Waals surface area contributed by atoms with Crippen LogP contribution in [0.15, 0.2) is 16.8 Å². The Bertz CT molecular complexity index is 694. The van der Waals surface area contributed by atoms with E-state index in [1.807, 2.05) is 0 Å². The summed E-state index contributed by atoms with van der Waals surface area (Å²) < 4.78 is 5.71. The van der Waals surface area contributed by atoms with E-state index in [2.05, 4.69) is 32.0 Å². The molecule has 3 fully saturated rings. The van der Waals surface area contributed by atoms with Crippen molar-refractivity contribution in [2.45, 2.75) is 79.1 Å². The number of hydrogen-bond acceptors (Lipinski definition) is 4. The maximum absolute atomic E-state index is 11.7. The molecule has 0 radical (unpaired) electrons. The SMILES string of the molecule is CC(=O)OC[C@]12CC/C(=N/O)C(C)(C)C1=CC[C@H]1[C@@H]3CCC[C@@]3(C)CC[C@@H]12. The van der Waals surface area contributed by atoms with E-state index >= 15 is 0 Å². The van der Waals surface area contributed by atoms with E-state index < -0.39 is 0 Å². The molecule has 0 aromatic carbocycles.